The van der Waals surface area contributed by atoms with Crippen LogP contribution in [0.15, 0.2) is 5.16 Å². The molecule has 3 N–H and O–H groups in total. The quantitative estimate of drug-likeness (QED) is 0.308. The number of ether oxygens (including phenoxy) is 1. The lowest BCUT2D eigenvalue weighted by atomic mass is 10.2. The van der Waals surface area contributed by atoms with Crippen LogP contribution in [0.2, 0.25) is 0 Å². The highest BCUT2D eigenvalue weighted by atomic mass is 16.5. The van der Waals surface area contributed by atoms with Gasteiger partial charge in [-0.05, 0) is 19.8 Å². The second-order valence-electron chi connectivity index (χ2n) is 4.19. The van der Waals surface area contributed by atoms with Crippen molar-refractivity contribution in [3.63, 3.8) is 0 Å². The average Bonchev–Trinajstić information content (AvgIpc) is 2.86. The van der Waals surface area contributed by atoms with Crippen molar-refractivity contribution >= 4 is 11.7 Å². The number of oxime groups is 1. The summed E-state index contributed by atoms with van der Waals surface area (Å²) >= 11 is 0. The minimum Gasteiger partial charge on any atom is -0.409 e. The fraction of sp³-hybridized carbons (Fsp3) is 0.818. The van der Waals surface area contributed by atoms with Crippen molar-refractivity contribution in [1.82, 2.24) is 4.90 Å². The molecule has 0 spiro atoms. The second kappa shape index (κ2) is 7.11. The van der Waals surface area contributed by atoms with Gasteiger partial charge in [0.2, 0.25) is 5.91 Å². The molecule has 0 heterocycles. The van der Waals surface area contributed by atoms with Gasteiger partial charge in [0.05, 0.1) is 6.54 Å². The Morgan fingerprint density at radius 2 is 2.18 bits per heavy atom. The average molecular weight is 243 g/mol. The number of hydrogen-bond donors (Lipinski definition) is 2. The van der Waals surface area contributed by atoms with Gasteiger partial charge in [-0.25, -0.2) is 0 Å². The maximum absolute atomic E-state index is 11.9. The first-order valence-corrected chi connectivity index (χ1v) is 6.02. The highest BCUT2D eigenvalue weighted by Gasteiger charge is 2.27. The van der Waals surface area contributed by atoms with E-state index in [4.69, 9.17) is 15.7 Å². The molecule has 1 amide bonds. The minimum absolute atomic E-state index is 0.0572. The standard InChI is InChI=1S/C11H21N3O3/c1-2-17-8-11(15)14(7-10(12)13-16)9-5-3-4-6-9/h9,16H,2-8H2,1H3,(H2,12,13). The molecule has 0 aromatic heterocycles. The predicted molar refractivity (Wildman–Crippen MR) is 63.9 cm³/mol. The number of amidine groups is 1. The zero-order valence-electron chi connectivity index (χ0n) is 10.3. The summed E-state index contributed by atoms with van der Waals surface area (Å²) in [4.78, 5) is 13.6. The Morgan fingerprint density at radius 1 is 1.53 bits per heavy atom. The third kappa shape index (κ3) is 4.22. The van der Waals surface area contributed by atoms with Crippen LogP contribution in [0.5, 0.6) is 0 Å². The largest absolute Gasteiger partial charge is 0.409 e. The van der Waals surface area contributed by atoms with Gasteiger partial charge in [0.15, 0.2) is 5.84 Å². The molecule has 6 heteroatoms. The van der Waals surface area contributed by atoms with Gasteiger partial charge >= 0.3 is 0 Å². The molecule has 1 aliphatic carbocycles. The van der Waals surface area contributed by atoms with Crippen molar-refractivity contribution in [3.05, 3.63) is 0 Å². The van der Waals surface area contributed by atoms with E-state index in [-0.39, 0.29) is 30.9 Å². The van der Waals surface area contributed by atoms with Gasteiger partial charge in [-0.2, -0.15) is 0 Å². The van der Waals surface area contributed by atoms with Crippen molar-refractivity contribution in [2.45, 2.75) is 38.6 Å². The third-order valence-corrected chi connectivity index (χ3v) is 2.98. The van der Waals surface area contributed by atoms with Gasteiger partial charge in [0, 0.05) is 12.6 Å². The van der Waals surface area contributed by atoms with Crippen molar-refractivity contribution < 1.29 is 14.7 Å². The van der Waals surface area contributed by atoms with Crippen LogP contribution >= 0.6 is 0 Å². The second-order valence-corrected chi connectivity index (χ2v) is 4.19. The molecule has 0 aliphatic heterocycles. The zero-order valence-corrected chi connectivity index (χ0v) is 10.3. The van der Waals surface area contributed by atoms with Gasteiger partial charge < -0.3 is 20.6 Å². The summed E-state index contributed by atoms with van der Waals surface area (Å²) in [6, 6.07) is 0.197. The van der Waals surface area contributed by atoms with E-state index >= 15 is 0 Å². The van der Waals surface area contributed by atoms with Crippen LogP contribution in [0, 0.1) is 0 Å². The van der Waals surface area contributed by atoms with E-state index < -0.39 is 0 Å². The van der Waals surface area contributed by atoms with E-state index in [1.54, 1.807) is 4.90 Å². The molecule has 1 fully saturated rings. The summed E-state index contributed by atoms with van der Waals surface area (Å²) < 4.78 is 5.12. The summed E-state index contributed by atoms with van der Waals surface area (Å²) in [5.41, 5.74) is 5.47. The Morgan fingerprint density at radius 3 is 2.71 bits per heavy atom. The zero-order chi connectivity index (χ0) is 12.7. The SMILES string of the molecule is CCOCC(=O)N(CC(N)=NO)C1CCCC1. The first-order valence-electron chi connectivity index (χ1n) is 6.02. The lowest BCUT2D eigenvalue weighted by Crippen LogP contribution is -2.45. The number of hydrogen-bond acceptors (Lipinski definition) is 4. The molecule has 0 bridgehead atoms. The maximum atomic E-state index is 11.9. The molecule has 17 heavy (non-hydrogen) atoms. The van der Waals surface area contributed by atoms with Gasteiger partial charge in [0.25, 0.3) is 0 Å². The van der Waals surface area contributed by atoms with Crippen molar-refractivity contribution in [3.8, 4) is 0 Å². The normalized spacial score (nSPS) is 17.4. The summed E-state index contributed by atoms with van der Waals surface area (Å²) in [5, 5.41) is 11.5. The van der Waals surface area contributed by atoms with E-state index in [0.717, 1.165) is 25.7 Å². The van der Waals surface area contributed by atoms with Crippen LogP contribution in [0.4, 0.5) is 0 Å². The van der Waals surface area contributed by atoms with E-state index in [9.17, 15) is 4.79 Å². The number of carbonyl (C=O) groups is 1. The first kappa shape index (κ1) is 13.8. The van der Waals surface area contributed by atoms with Crippen LogP contribution < -0.4 is 5.73 Å². The minimum atomic E-state index is -0.0923. The van der Waals surface area contributed by atoms with E-state index in [1.807, 2.05) is 6.92 Å². The van der Waals surface area contributed by atoms with Gasteiger partial charge in [-0.3, -0.25) is 4.79 Å². The number of rotatable bonds is 6. The predicted octanol–water partition coefficient (Wildman–Crippen LogP) is 0.541. The number of amides is 1. The molecule has 1 rings (SSSR count). The van der Waals surface area contributed by atoms with Gasteiger partial charge in [-0.15, -0.1) is 0 Å². The third-order valence-electron chi connectivity index (χ3n) is 2.98. The Hall–Kier alpha value is -1.30. The molecular weight excluding hydrogens is 222 g/mol. The highest BCUT2D eigenvalue weighted by Crippen LogP contribution is 2.23. The van der Waals surface area contributed by atoms with Crippen LogP contribution in [0.1, 0.15) is 32.6 Å². The first-order chi connectivity index (χ1) is 8.19. The molecule has 0 radical (unpaired) electrons. The van der Waals surface area contributed by atoms with Crippen LogP contribution in [-0.2, 0) is 9.53 Å². The Kier molecular flexibility index (Phi) is 5.76. The molecule has 1 aliphatic rings. The summed E-state index contributed by atoms with van der Waals surface area (Å²) in [6.07, 6.45) is 4.21. The van der Waals surface area contributed by atoms with E-state index in [2.05, 4.69) is 5.16 Å². The van der Waals surface area contributed by atoms with Crippen LogP contribution in [0.3, 0.4) is 0 Å². The monoisotopic (exact) mass is 243 g/mol. The van der Waals surface area contributed by atoms with Crippen molar-refractivity contribution in [2.24, 2.45) is 10.9 Å². The number of nitrogens with zero attached hydrogens (tertiary/aromatic N) is 2. The number of carbonyl (C=O) groups excluding carboxylic acids is 1. The van der Waals surface area contributed by atoms with Crippen LogP contribution in [0.25, 0.3) is 0 Å². The fourth-order valence-corrected chi connectivity index (χ4v) is 2.12. The topological polar surface area (TPSA) is 88.2 Å². The molecule has 0 aromatic rings. The molecule has 6 nitrogen and oxygen atoms in total. The van der Waals surface area contributed by atoms with Crippen LogP contribution in [-0.4, -0.2) is 47.7 Å². The summed E-state index contributed by atoms with van der Waals surface area (Å²) in [6.45, 7) is 2.59. The van der Waals surface area contributed by atoms with Gasteiger partial charge in [-0.1, -0.05) is 18.0 Å². The lowest BCUT2D eigenvalue weighted by molar-refractivity contribution is -0.137. The van der Waals surface area contributed by atoms with Crippen molar-refractivity contribution in [1.29, 1.82) is 0 Å². The number of nitrogens with two attached hydrogens (primary N) is 1. The summed E-state index contributed by atoms with van der Waals surface area (Å²) in [5.74, 6) is -0.0351. The maximum Gasteiger partial charge on any atom is 0.249 e. The smallest absolute Gasteiger partial charge is 0.249 e. The molecule has 1 saturated carbocycles. The van der Waals surface area contributed by atoms with Gasteiger partial charge in [0.1, 0.15) is 6.61 Å². The van der Waals surface area contributed by atoms with Crippen molar-refractivity contribution in [2.75, 3.05) is 19.8 Å². The Balaban J connectivity index is 2.60. The molecule has 0 atom stereocenters. The molecule has 98 valence electrons. The molecule has 0 aromatic carbocycles. The van der Waals surface area contributed by atoms with E-state index in [0.29, 0.717) is 6.61 Å². The highest BCUT2D eigenvalue weighted by molar-refractivity contribution is 5.87. The van der Waals surface area contributed by atoms with E-state index in [1.165, 1.54) is 0 Å². The summed E-state index contributed by atoms with van der Waals surface area (Å²) in [7, 11) is 0. The molecular formula is C11H21N3O3. The molecule has 0 saturated heterocycles. The lowest BCUT2D eigenvalue weighted by Gasteiger charge is -2.28. The Labute approximate surface area is 101 Å². The Bertz CT molecular complexity index is 275. The molecule has 0 unspecified atom stereocenters. The fourth-order valence-electron chi connectivity index (χ4n) is 2.12.